The van der Waals surface area contributed by atoms with Crippen molar-refractivity contribution in [3.63, 3.8) is 0 Å². The lowest BCUT2D eigenvalue weighted by atomic mass is 9.78. The highest BCUT2D eigenvalue weighted by molar-refractivity contribution is 5.65. The van der Waals surface area contributed by atoms with E-state index in [-0.39, 0.29) is 5.41 Å². The zero-order valence-electron chi connectivity index (χ0n) is 13.9. The van der Waals surface area contributed by atoms with Crippen LogP contribution in [-0.2, 0) is 6.54 Å². The first-order chi connectivity index (χ1) is 10.3. The Bertz CT molecular complexity index is 513. The molecule has 1 aromatic rings. The monoisotopic (exact) mass is 306 g/mol. The molecular weight excluding hydrogens is 280 g/mol. The number of carbonyl (C=O) groups is 1. The molecule has 1 unspecified atom stereocenters. The number of hydrogen-bond acceptors (Lipinski definition) is 3. The van der Waals surface area contributed by atoms with Crippen LogP contribution in [-0.4, -0.2) is 54.3 Å². The van der Waals surface area contributed by atoms with Gasteiger partial charge < -0.3 is 14.7 Å². The fraction of sp³-hybridized carbons (Fsp3) is 0.588. The summed E-state index contributed by atoms with van der Waals surface area (Å²) in [5.74, 6) is 0.862. The molecular formula is C17H26N2O3. The normalized spacial score (nSPS) is 21.0. The molecule has 1 N–H and O–H groups in total. The van der Waals surface area contributed by atoms with Crippen LogP contribution in [0.2, 0.25) is 0 Å². The van der Waals surface area contributed by atoms with E-state index in [4.69, 9.17) is 4.74 Å². The first-order valence-corrected chi connectivity index (χ1v) is 7.64. The van der Waals surface area contributed by atoms with E-state index in [9.17, 15) is 9.90 Å². The molecule has 0 aliphatic carbocycles. The Kier molecular flexibility index (Phi) is 4.96. The summed E-state index contributed by atoms with van der Waals surface area (Å²) in [6.07, 6.45) is 0.0516. The molecule has 1 aliphatic rings. The second-order valence-corrected chi connectivity index (χ2v) is 6.76. The number of ether oxygens (including phenoxy) is 1. The van der Waals surface area contributed by atoms with E-state index in [0.717, 1.165) is 18.7 Å². The van der Waals surface area contributed by atoms with Crippen molar-refractivity contribution < 1.29 is 14.6 Å². The van der Waals surface area contributed by atoms with Crippen molar-refractivity contribution in [1.29, 1.82) is 0 Å². The molecule has 1 heterocycles. The predicted molar refractivity (Wildman–Crippen MR) is 86.2 cm³/mol. The number of benzene rings is 1. The smallest absolute Gasteiger partial charge is 0.407 e. The average molecular weight is 306 g/mol. The Morgan fingerprint density at radius 2 is 2.05 bits per heavy atom. The highest BCUT2D eigenvalue weighted by Gasteiger charge is 2.39. The quantitative estimate of drug-likeness (QED) is 0.929. The van der Waals surface area contributed by atoms with Gasteiger partial charge in [-0.25, -0.2) is 4.79 Å². The minimum Gasteiger partial charge on any atom is -0.497 e. The summed E-state index contributed by atoms with van der Waals surface area (Å²) in [4.78, 5) is 15.0. The van der Waals surface area contributed by atoms with Crippen LogP contribution in [0.4, 0.5) is 4.79 Å². The van der Waals surface area contributed by atoms with Gasteiger partial charge in [-0.2, -0.15) is 0 Å². The predicted octanol–water partition coefficient (Wildman–Crippen LogP) is 2.91. The molecule has 0 radical (unpaired) electrons. The van der Waals surface area contributed by atoms with Crippen LogP contribution in [0.25, 0.3) is 0 Å². The highest BCUT2D eigenvalue weighted by Crippen LogP contribution is 2.33. The summed E-state index contributed by atoms with van der Waals surface area (Å²) < 4.78 is 5.18. The van der Waals surface area contributed by atoms with Crippen LogP contribution in [0, 0.1) is 5.41 Å². The zero-order chi connectivity index (χ0) is 16.3. The summed E-state index contributed by atoms with van der Waals surface area (Å²) in [7, 11) is 3.78. The van der Waals surface area contributed by atoms with Crippen molar-refractivity contribution in [2.24, 2.45) is 5.41 Å². The largest absolute Gasteiger partial charge is 0.497 e. The maximum Gasteiger partial charge on any atom is 0.407 e. The topological polar surface area (TPSA) is 53.0 Å². The number of piperidine rings is 1. The van der Waals surface area contributed by atoms with Gasteiger partial charge in [-0.1, -0.05) is 26.0 Å². The van der Waals surface area contributed by atoms with Gasteiger partial charge in [-0.15, -0.1) is 0 Å². The zero-order valence-corrected chi connectivity index (χ0v) is 13.9. The van der Waals surface area contributed by atoms with E-state index in [1.165, 1.54) is 10.5 Å². The van der Waals surface area contributed by atoms with E-state index in [0.29, 0.717) is 19.1 Å². The van der Waals surface area contributed by atoms with Crippen molar-refractivity contribution in [3.05, 3.63) is 29.8 Å². The van der Waals surface area contributed by atoms with Gasteiger partial charge in [0.1, 0.15) is 5.75 Å². The van der Waals surface area contributed by atoms with E-state index in [1.54, 1.807) is 7.11 Å². The van der Waals surface area contributed by atoms with Crippen molar-refractivity contribution in [3.8, 4) is 5.75 Å². The minimum atomic E-state index is -0.815. The molecule has 122 valence electrons. The average Bonchev–Trinajstić information content (AvgIpc) is 2.46. The van der Waals surface area contributed by atoms with Crippen LogP contribution in [0.15, 0.2) is 24.3 Å². The van der Waals surface area contributed by atoms with Gasteiger partial charge in [0.25, 0.3) is 0 Å². The molecule has 1 aliphatic heterocycles. The molecule has 5 nitrogen and oxygen atoms in total. The standard InChI is InChI=1S/C17H26N2O3/c1-17(2)12-19(16(20)21)10-9-15(17)18(3)11-13-5-7-14(22-4)8-6-13/h5-8,15H,9-12H2,1-4H3,(H,20,21). The summed E-state index contributed by atoms with van der Waals surface area (Å²) >= 11 is 0. The molecule has 0 bridgehead atoms. The molecule has 22 heavy (non-hydrogen) atoms. The number of carboxylic acid groups (broad SMARTS) is 1. The Labute approximate surface area is 132 Å². The fourth-order valence-electron chi connectivity index (χ4n) is 3.45. The fourth-order valence-corrected chi connectivity index (χ4v) is 3.45. The first-order valence-electron chi connectivity index (χ1n) is 7.64. The van der Waals surface area contributed by atoms with Crippen LogP contribution in [0.3, 0.4) is 0 Å². The van der Waals surface area contributed by atoms with Gasteiger partial charge in [0.05, 0.1) is 7.11 Å². The SMILES string of the molecule is COc1ccc(CN(C)C2CCN(C(=O)O)CC2(C)C)cc1. The molecule has 2 rings (SSSR count). The Morgan fingerprint density at radius 3 is 2.55 bits per heavy atom. The number of rotatable bonds is 4. The van der Waals surface area contributed by atoms with Gasteiger partial charge in [-0.3, -0.25) is 4.90 Å². The number of amides is 1. The lowest BCUT2D eigenvalue weighted by Crippen LogP contribution is -2.55. The van der Waals surface area contributed by atoms with Crippen LogP contribution < -0.4 is 4.74 Å². The van der Waals surface area contributed by atoms with Gasteiger partial charge in [0.15, 0.2) is 0 Å². The minimum absolute atomic E-state index is 0.0577. The molecule has 0 spiro atoms. The third-order valence-corrected chi connectivity index (χ3v) is 4.57. The molecule has 1 saturated heterocycles. The Hall–Kier alpha value is -1.75. The van der Waals surface area contributed by atoms with Crippen LogP contribution >= 0.6 is 0 Å². The molecule has 1 fully saturated rings. The van der Waals surface area contributed by atoms with Gasteiger partial charge in [0, 0.05) is 25.7 Å². The first kappa shape index (κ1) is 16.6. The highest BCUT2D eigenvalue weighted by atomic mass is 16.5. The third kappa shape index (κ3) is 3.71. The molecule has 1 amide bonds. The van der Waals surface area contributed by atoms with Crippen molar-refractivity contribution >= 4 is 6.09 Å². The summed E-state index contributed by atoms with van der Waals surface area (Å²) in [5.41, 5.74) is 1.18. The molecule has 1 atom stereocenters. The lowest BCUT2D eigenvalue weighted by Gasteiger charge is -2.47. The van der Waals surface area contributed by atoms with Crippen molar-refractivity contribution in [2.75, 3.05) is 27.2 Å². The third-order valence-electron chi connectivity index (χ3n) is 4.57. The molecule has 1 aromatic carbocycles. The maximum atomic E-state index is 11.2. The summed E-state index contributed by atoms with van der Waals surface area (Å²) in [5, 5.41) is 9.18. The summed E-state index contributed by atoms with van der Waals surface area (Å²) in [6.45, 7) is 6.34. The van der Waals surface area contributed by atoms with E-state index in [1.807, 2.05) is 12.1 Å². The molecule has 0 aromatic heterocycles. The second kappa shape index (κ2) is 6.57. The molecule has 5 heteroatoms. The van der Waals surface area contributed by atoms with E-state index in [2.05, 4.69) is 37.9 Å². The van der Waals surface area contributed by atoms with Crippen molar-refractivity contribution in [2.45, 2.75) is 32.9 Å². The number of hydrogen-bond donors (Lipinski definition) is 1. The summed E-state index contributed by atoms with van der Waals surface area (Å²) in [6, 6.07) is 8.47. The van der Waals surface area contributed by atoms with Crippen molar-refractivity contribution in [1.82, 2.24) is 9.80 Å². The lowest BCUT2D eigenvalue weighted by molar-refractivity contribution is 0.0184. The van der Waals surface area contributed by atoms with Gasteiger partial charge >= 0.3 is 6.09 Å². The van der Waals surface area contributed by atoms with Gasteiger partial charge in [0.2, 0.25) is 0 Å². The second-order valence-electron chi connectivity index (χ2n) is 6.76. The van der Waals surface area contributed by atoms with E-state index < -0.39 is 6.09 Å². The number of likely N-dealkylation sites (tertiary alicyclic amines) is 1. The molecule has 0 saturated carbocycles. The Morgan fingerprint density at radius 1 is 1.41 bits per heavy atom. The Balaban J connectivity index is 2.02. The van der Waals surface area contributed by atoms with Crippen LogP contribution in [0.1, 0.15) is 25.8 Å². The van der Waals surface area contributed by atoms with Crippen LogP contribution in [0.5, 0.6) is 5.75 Å². The van der Waals surface area contributed by atoms with Gasteiger partial charge in [-0.05, 0) is 36.6 Å². The van der Waals surface area contributed by atoms with E-state index >= 15 is 0 Å². The number of methoxy groups -OCH3 is 1. The maximum absolute atomic E-state index is 11.2. The number of nitrogens with zero attached hydrogens (tertiary/aromatic N) is 2.